The summed E-state index contributed by atoms with van der Waals surface area (Å²) in [7, 11) is 0. The zero-order valence-corrected chi connectivity index (χ0v) is 15.8. The summed E-state index contributed by atoms with van der Waals surface area (Å²) in [4.78, 5) is 16.8. The minimum Gasteiger partial charge on any atom is -0.347 e. The monoisotopic (exact) mass is 343 g/mol. The van der Waals surface area contributed by atoms with E-state index in [9.17, 15) is 4.79 Å². The van der Waals surface area contributed by atoms with Gasteiger partial charge in [-0.2, -0.15) is 0 Å². The Morgan fingerprint density at radius 1 is 1.28 bits per heavy atom. The van der Waals surface area contributed by atoms with Crippen molar-refractivity contribution >= 4 is 5.91 Å². The maximum Gasteiger partial charge on any atom is 0.291 e. The second-order valence-corrected chi connectivity index (χ2v) is 6.86. The zero-order valence-electron chi connectivity index (χ0n) is 15.8. The van der Waals surface area contributed by atoms with Crippen molar-refractivity contribution in [2.24, 2.45) is 5.73 Å². The SMILES string of the molecule is CCC(N)(CC)CNC(=O)c1nc(C)n(-c2ccccc2C(C)C)n1. The van der Waals surface area contributed by atoms with Gasteiger partial charge in [0, 0.05) is 12.1 Å². The quantitative estimate of drug-likeness (QED) is 0.809. The fourth-order valence-electron chi connectivity index (χ4n) is 2.72. The van der Waals surface area contributed by atoms with E-state index in [1.54, 1.807) is 4.68 Å². The molecule has 0 atom stereocenters. The van der Waals surface area contributed by atoms with E-state index in [1.807, 2.05) is 39.0 Å². The number of rotatable bonds is 7. The molecular formula is C19H29N5O. The first-order valence-corrected chi connectivity index (χ1v) is 8.91. The Morgan fingerprint density at radius 2 is 1.92 bits per heavy atom. The zero-order chi connectivity index (χ0) is 18.6. The van der Waals surface area contributed by atoms with Crippen molar-refractivity contribution in [3.05, 3.63) is 41.5 Å². The summed E-state index contributed by atoms with van der Waals surface area (Å²) < 4.78 is 1.74. The average molecular weight is 343 g/mol. The molecular weight excluding hydrogens is 314 g/mol. The van der Waals surface area contributed by atoms with E-state index in [1.165, 1.54) is 5.56 Å². The fourth-order valence-corrected chi connectivity index (χ4v) is 2.72. The van der Waals surface area contributed by atoms with Gasteiger partial charge in [0.25, 0.3) is 5.91 Å². The first-order chi connectivity index (χ1) is 11.8. The average Bonchev–Trinajstić information content (AvgIpc) is 3.01. The molecule has 136 valence electrons. The lowest BCUT2D eigenvalue weighted by molar-refractivity contribution is 0.0931. The summed E-state index contributed by atoms with van der Waals surface area (Å²) in [6.07, 6.45) is 1.60. The highest BCUT2D eigenvalue weighted by atomic mass is 16.2. The van der Waals surface area contributed by atoms with Gasteiger partial charge in [0.2, 0.25) is 5.82 Å². The van der Waals surface area contributed by atoms with E-state index in [2.05, 4.69) is 35.3 Å². The normalized spacial score (nSPS) is 11.8. The van der Waals surface area contributed by atoms with Crippen molar-refractivity contribution in [3.63, 3.8) is 0 Å². The summed E-state index contributed by atoms with van der Waals surface area (Å²) in [5, 5.41) is 7.30. The van der Waals surface area contributed by atoms with Crippen LogP contribution < -0.4 is 11.1 Å². The number of amides is 1. The highest BCUT2D eigenvalue weighted by molar-refractivity contribution is 5.90. The molecule has 2 rings (SSSR count). The number of nitrogens with two attached hydrogens (primary N) is 1. The second kappa shape index (κ2) is 7.78. The third kappa shape index (κ3) is 4.25. The largest absolute Gasteiger partial charge is 0.347 e. The number of aromatic nitrogens is 3. The Morgan fingerprint density at radius 3 is 2.52 bits per heavy atom. The van der Waals surface area contributed by atoms with Crippen LogP contribution in [0.4, 0.5) is 0 Å². The number of carbonyl (C=O) groups is 1. The van der Waals surface area contributed by atoms with Crippen molar-refractivity contribution in [1.82, 2.24) is 20.1 Å². The molecule has 0 unspecified atom stereocenters. The van der Waals surface area contributed by atoms with Gasteiger partial charge in [-0.15, -0.1) is 5.10 Å². The second-order valence-electron chi connectivity index (χ2n) is 6.86. The summed E-state index contributed by atoms with van der Waals surface area (Å²) >= 11 is 0. The van der Waals surface area contributed by atoms with Crippen molar-refractivity contribution in [2.75, 3.05) is 6.54 Å². The van der Waals surface area contributed by atoms with E-state index in [-0.39, 0.29) is 11.7 Å². The molecule has 25 heavy (non-hydrogen) atoms. The van der Waals surface area contributed by atoms with Crippen LogP contribution in [0.3, 0.4) is 0 Å². The summed E-state index contributed by atoms with van der Waals surface area (Å²) in [5.41, 5.74) is 7.97. The van der Waals surface area contributed by atoms with Crippen LogP contribution in [0.1, 0.15) is 68.5 Å². The van der Waals surface area contributed by atoms with Crippen molar-refractivity contribution in [3.8, 4) is 5.69 Å². The van der Waals surface area contributed by atoms with E-state index in [4.69, 9.17) is 5.73 Å². The topological polar surface area (TPSA) is 85.8 Å². The van der Waals surface area contributed by atoms with Crippen LogP contribution >= 0.6 is 0 Å². The lowest BCUT2D eigenvalue weighted by Gasteiger charge is -2.26. The Hall–Kier alpha value is -2.21. The molecule has 1 aromatic heterocycles. The molecule has 6 nitrogen and oxygen atoms in total. The predicted octanol–water partition coefficient (Wildman–Crippen LogP) is 2.95. The molecule has 0 aliphatic carbocycles. The molecule has 0 radical (unpaired) electrons. The van der Waals surface area contributed by atoms with Gasteiger partial charge in [-0.05, 0) is 37.3 Å². The first-order valence-electron chi connectivity index (χ1n) is 8.91. The van der Waals surface area contributed by atoms with Gasteiger partial charge in [-0.1, -0.05) is 45.9 Å². The van der Waals surface area contributed by atoms with Crippen molar-refractivity contribution in [1.29, 1.82) is 0 Å². The predicted molar refractivity (Wildman–Crippen MR) is 100 cm³/mol. The molecule has 3 N–H and O–H groups in total. The lowest BCUT2D eigenvalue weighted by Crippen LogP contribution is -2.49. The number of carbonyl (C=O) groups excluding carboxylic acids is 1. The third-order valence-corrected chi connectivity index (χ3v) is 4.77. The smallest absolute Gasteiger partial charge is 0.291 e. The van der Waals surface area contributed by atoms with Crippen LogP contribution in [0.2, 0.25) is 0 Å². The molecule has 0 spiro atoms. The molecule has 0 bridgehead atoms. The van der Waals surface area contributed by atoms with E-state index < -0.39 is 5.54 Å². The molecule has 0 aliphatic heterocycles. The van der Waals surface area contributed by atoms with E-state index >= 15 is 0 Å². The van der Waals surface area contributed by atoms with Gasteiger partial charge in [-0.3, -0.25) is 4.79 Å². The maximum absolute atomic E-state index is 12.4. The van der Waals surface area contributed by atoms with Gasteiger partial charge < -0.3 is 11.1 Å². The van der Waals surface area contributed by atoms with Crippen LogP contribution in [0, 0.1) is 6.92 Å². The molecule has 0 aliphatic rings. The van der Waals surface area contributed by atoms with E-state index in [0.717, 1.165) is 18.5 Å². The van der Waals surface area contributed by atoms with Gasteiger partial charge in [0.15, 0.2) is 0 Å². The van der Waals surface area contributed by atoms with Gasteiger partial charge in [0.05, 0.1) is 5.69 Å². The Balaban J connectivity index is 2.25. The number of benzene rings is 1. The summed E-state index contributed by atoms with van der Waals surface area (Å²) in [6.45, 7) is 10.6. The molecule has 0 saturated carbocycles. The maximum atomic E-state index is 12.4. The third-order valence-electron chi connectivity index (χ3n) is 4.77. The molecule has 0 fully saturated rings. The Labute approximate surface area is 149 Å². The number of para-hydroxylation sites is 1. The van der Waals surface area contributed by atoms with Crippen LogP contribution in [0.5, 0.6) is 0 Å². The van der Waals surface area contributed by atoms with Crippen LogP contribution in [0.25, 0.3) is 5.69 Å². The van der Waals surface area contributed by atoms with Crippen molar-refractivity contribution in [2.45, 2.75) is 58.9 Å². The van der Waals surface area contributed by atoms with Crippen LogP contribution in [-0.2, 0) is 0 Å². The number of hydrogen-bond acceptors (Lipinski definition) is 4. The molecule has 0 saturated heterocycles. The lowest BCUT2D eigenvalue weighted by atomic mass is 9.94. The number of aryl methyl sites for hydroxylation is 1. The van der Waals surface area contributed by atoms with Crippen LogP contribution in [-0.4, -0.2) is 32.8 Å². The number of nitrogens with one attached hydrogen (secondary N) is 1. The minimum atomic E-state index is -0.391. The highest BCUT2D eigenvalue weighted by Gasteiger charge is 2.23. The molecule has 1 heterocycles. The molecule has 1 aromatic carbocycles. The summed E-state index contributed by atoms with van der Waals surface area (Å²) in [6, 6.07) is 8.05. The highest BCUT2D eigenvalue weighted by Crippen LogP contribution is 2.23. The first kappa shape index (κ1) is 19.1. The molecule has 1 amide bonds. The van der Waals surface area contributed by atoms with Gasteiger partial charge >= 0.3 is 0 Å². The van der Waals surface area contributed by atoms with Gasteiger partial charge in [0.1, 0.15) is 5.82 Å². The van der Waals surface area contributed by atoms with Crippen molar-refractivity contribution < 1.29 is 4.79 Å². The Bertz CT molecular complexity index is 731. The fraction of sp³-hybridized carbons (Fsp3) is 0.526. The molecule has 2 aromatic rings. The minimum absolute atomic E-state index is 0.172. The van der Waals surface area contributed by atoms with Crippen LogP contribution in [0.15, 0.2) is 24.3 Å². The number of nitrogens with zero attached hydrogens (tertiary/aromatic N) is 3. The molecule has 6 heteroatoms. The Kier molecular flexibility index (Phi) is 5.95. The standard InChI is InChI=1S/C19H29N5O/c1-6-19(20,7-2)12-21-18(25)17-22-14(5)24(23-17)16-11-9-8-10-15(16)13(3)4/h8-11,13H,6-7,12,20H2,1-5H3,(H,21,25). The van der Waals surface area contributed by atoms with Gasteiger partial charge in [-0.25, -0.2) is 9.67 Å². The number of hydrogen-bond donors (Lipinski definition) is 2. The summed E-state index contributed by atoms with van der Waals surface area (Å²) in [5.74, 6) is 0.915. The van der Waals surface area contributed by atoms with E-state index in [0.29, 0.717) is 18.3 Å².